The third kappa shape index (κ3) is 5.57. The van der Waals surface area contributed by atoms with Crippen molar-refractivity contribution in [2.75, 3.05) is 30.8 Å². The van der Waals surface area contributed by atoms with E-state index in [4.69, 9.17) is 0 Å². The molecule has 0 bridgehead atoms. The van der Waals surface area contributed by atoms with Gasteiger partial charge in [0.15, 0.2) is 0 Å². The largest absolute Gasteiger partial charge is 0.370 e. The summed E-state index contributed by atoms with van der Waals surface area (Å²) in [5.74, 6) is 2.56. The maximum absolute atomic E-state index is 11.3. The van der Waals surface area contributed by atoms with Gasteiger partial charge in [-0.3, -0.25) is 4.79 Å². The highest BCUT2D eigenvalue weighted by molar-refractivity contribution is 5.76. The van der Waals surface area contributed by atoms with Crippen LogP contribution in [0.5, 0.6) is 0 Å². The van der Waals surface area contributed by atoms with Gasteiger partial charge in [0.25, 0.3) is 0 Å². The van der Waals surface area contributed by atoms with Gasteiger partial charge in [-0.15, -0.1) is 0 Å². The number of amides is 1. The summed E-state index contributed by atoms with van der Waals surface area (Å²) in [7, 11) is 1.64. The molecule has 3 N–H and O–H groups in total. The molecule has 21 heavy (non-hydrogen) atoms. The van der Waals surface area contributed by atoms with Crippen LogP contribution in [0.3, 0.4) is 0 Å². The Morgan fingerprint density at radius 2 is 1.67 bits per heavy atom. The summed E-state index contributed by atoms with van der Waals surface area (Å²) in [6.45, 7) is 7.69. The Morgan fingerprint density at radius 3 is 2.19 bits per heavy atom. The van der Waals surface area contributed by atoms with Gasteiger partial charge in [-0.25, -0.2) is 9.97 Å². The molecule has 118 valence electrons. The fourth-order valence-electron chi connectivity index (χ4n) is 1.91. The van der Waals surface area contributed by atoms with Gasteiger partial charge in [0.2, 0.25) is 5.91 Å². The molecule has 0 atom stereocenters. The molecule has 6 nitrogen and oxygen atoms in total. The van der Waals surface area contributed by atoms with Crippen molar-refractivity contribution in [3.8, 4) is 0 Å². The van der Waals surface area contributed by atoms with Gasteiger partial charge in [-0.2, -0.15) is 0 Å². The maximum atomic E-state index is 11.3. The van der Waals surface area contributed by atoms with Gasteiger partial charge in [-0.1, -0.05) is 13.8 Å². The van der Waals surface area contributed by atoms with Crippen LogP contribution in [-0.2, 0) is 11.2 Å². The first-order chi connectivity index (χ1) is 10.1. The van der Waals surface area contributed by atoms with Crippen LogP contribution < -0.4 is 16.0 Å². The summed E-state index contributed by atoms with van der Waals surface area (Å²) >= 11 is 0. The molecule has 1 aromatic heterocycles. The van der Waals surface area contributed by atoms with Gasteiger partial charge in [0.05, 0.1) is 0 Å². The highest BCUT2D eigenvalue weighted by Crippen LogP contribution is 2.20. The van der Waals surface area contributed by atoms with E-state index in [2.05, 4.69) is 39.8 Å². The van der Waals surface area contributed by atoms with Gasteiger partial charge >= 0.3 is 0 Å². The van der Waals surface area contributed by atoms with E-state index in [1.54, 1.807) is 7.05 Å². The average molecular weight is 293 g/mol. The quantitative estimate of drug-likeness (QED) is 0.650. The first-order valence-electron chi connectivity index (χ1n) is 7.68. The summed E-state index contributed by atoms with van der Waals surface area (Å²) in [5.41, 5.74) is 1.00. The van der Waals surface area contributed by atoms with Gasteiger partial charge in [0.1, 0.15) is 17.5 Å². The molecule has 1 rings (SSSR count). The minimum absolute atomic E-state index is 0.0207. The Morgan fingerprint density at radius 1 is 1.05 bits per heavy atom. The van der Waals surface area contributed by atoms with Crippen molar-refractivity contribution in [3.05, 3.63) is 11.4 Å². The Bertz CT molecular complexity index is 462. The lowest BCUT2D eigenvalue weighted by atomic mass is 10.2. The van der Waals surface area contributed by atoms with Gasteiger partial charge < -0.3 is 16.0 Å². The molecular formula is C15H27N5O. The molecule has 0 aliphatic heterocycles. The van der Waals surface area contributed by atoms with E-state index in [-0.39, 0.29) is 5.91 Å². The van der Waals surface area contributed by atoms with Crippen molar-refractivity contribution in [1.82, 2.24) is 15.3 Å². The number of anilines is 2. The Hall–Kier alpha value is -1.85. The number of carbonyl (C=O) groups is 1. The predicted molar refractivity (Wildman–Crippen MR) is 86.7 cm³/mol. The van der Waals surface area contributed by atoms with Crippen LogP contribution in [0.15, 0.2) is 0 Å². The van der Waals surface area contributed by atoms with Crippen molar-refractivity contribution in [2.24, 2.45) is 0 Å². The van der Waals surface area contributed by atoms with E-state index in [0.29, 0.717) is 13.0 Å². The number of nitrogens with zero attached hydrogens (tertiary/aromatic N) is 2. The highest BCUT2D eigenvalue weighted by Gasteiger charge is 2.10. The van der Waals surface area contributed by atoms with E-state index < -0.39 is 0 Å². The van der Waals surface area contributed by atoms with Crippen LogP contribution in [0, 0.1) is 6.92 Å². The number of rotatable bonds is 9. The molecule has 0 spiro atoms. The molecule has 0 saturated heterocycles. The van der Waals surface area contributed by atoms with Crippen molar-refractivity contribution in [2.45, 2.75) is 46.5 Å². The molecule has 0 unspecified atom stereocenters. The number of nitrogens with one attached hydrogen (secondary N) is 3. The number of aromatic nitrogens is 2. The fraction of sp³-hybridized carbons (Fsp3) is 0.667. The average Bonchev–Trinajstić information content (AvgIpc) is 2.48. The summed E-state index contributed by atoms with van der Waals surface area (Å²) in [5, 5.41) is 9.20. The lowest BCUT2D eigenvalue weighted by Crippen LogP contribution is -2.21. The van der Waals surface area contributed by atoms with Crippen LogP contribution >= 0.6 is 0 Å². The smallest absolute Gasteiger partial charge is 0.221 e. The SMILES string of the molecule is CCCNc1nc(CCC)nc(NCCC(=O)NC)c1C. The third-order valence-electron chi connectivity index (χ3n) is 3.13. The molecule has 1 amide bonds. The van der Waals surface area contributed by atoms with Crippen LogP contribution in [0.25, 0.3) is 0 Å². The minimum Gasteiger partial charge on any atom is -0.370 e. The first-order valence-corrected chi connectivity index (χ1v) is 7.68. The normalized spacial score (nSPS) is 10.3. The summed E-state index contributed by atoms with van der Waals surface area (Å²) in [6.07, 6.45) is 3.34. The number of hydrogen-bond donors (Lipinski definition) is 3. The lowest BCUT2D eigenvalue weighted by molar-refractivity contribution is -0.120. The Kier molecular flexibility index (Phi) is 7.50. The molecule has 0 fully saturated rings. The zero-order valence-electron chi connectivity index (χ0n) is 13.5. The van der Waals surface area contributed by atoms with Crippen LogP contribution in [0.4, 0.5) is 11.6 Å². The van der Waals surface area contributed by atoms with Crippen molar-refractivity contribution < 1.29 is 4.79 Å². The predicted octanol–water partition coefficient (Wildman–Crippen LogP) is 2.11. The molecule has 1 heterocycles. The molecular weight excluding hydrogens is 266 g/mol. The molecule has 0 aliphatic rings. The summed E-state index contributed by atoms with van der Waals surface area (Å²) < 4.78 is 0. The van der Waals surface area contributed by atoms with E-state index >= 15 is 0 Å². The Labute approximate surface area is 127 Å². The number of carbonyl (C=O) groups excluding carboxylic acids is 1. The second-order valence-electron chi connectivity index (χ2n) is 4.99. The third-order valence-corrected chi connectivity index (χ3v) is 3.13. The lowest BCUT2D eigenvalue weighted by Gasteiger charge is -2.14. The van der Waals surface area contributed by atoms with E-state index in [0.717, 1.165) is 48.8 Å². The van der Waals surface area contributed by atoms with E-state index in [1.807, 2.05) is 6.92 Å². The topological polar surface area (TPSA) is 78.9 Å². The molecule has 0 aromatic carbocycles. The van der Waals surface area contributed by atoms with E-state index in [9.17, 15) is 4.79 Å². The summed E-state index contributed by atoms with van der Waals surface area (Å²) in [4.78, 5) is 20.4. The summed E-state index contributed by atoms with van der Waals surface area (Å²) in [6, 6.07) is 0. The monoisotopic (exact) mass is 293 g/mol. The zero-order chi connectivity index (χ0) is 15.7. The second-order valence-corrected chi connectivity index (χ2v) is 4.99. The second kappa shape index (κ2) is 9.15. The standard InChI is InChI=1S/C15H27N5O/c1-5-7-12-19-14(17-9-6-2)11(3)15(20-12)18-10-8-13(21)16-4/h5-10H2,1-4H3,(H,16,21)(H2,17,18,19,20). The van der Waals surface area contributed by atoms with Crippen molar-refractivity contribution >= 4 is 17.5 Å². The fourth-order valence-corrected chi connectivity index (χ4v) is 1.91. The molecule has 0 aliphatic carbocycles. The van der Waals surface area contributed by atoms with Crippen LogP contribution in [0.1, 0.15) is 44.5 Å². The first kappa shape index (κ1) is 17.2. The van der Waals surface area contributed by atoms with Crippen molar-refractivity contribution in [1.29, 1.82) is 0 Å². The van der Waals surface area contributed by atoms with Gasteiger partial charge in [0, 0.05) is 38.5 Å². The molecule has 0 radical (unpaired) electrons. The molecule has 6 heteroatoms. The van der Waals surface area contributed by atoms with Crippen LogP contribution in [0.2, 0.25) is 0 Å². The zero-order valence-corrected chi connectivity index (χ0v) is 13.5. The number of aryl methyl sites for hydroxylation is 1. The number of hydrogen-bond acceptors (Lipinski definition) is 5. The molecule has 0 saturated carbocycles. The minimum atomic E-state index is 0.0207. The highest BCUT2D eigenvalue weighted by atomic mass is 16.1. The Balaban J connectivity index is 2.83. The maximum Gasteiger partial charge on any atom is 0.221 e. The van der Waals surface area contributed by atoms with Crippen molar-refractivity contribution in [3.63, 3.8) is 0 Å². The van der Waals surface area contributed by atoms with E-state index in [1.165, 1.54) is 0 Å². The van der Waals surface area contributed by atoms with Crippen LogP contribution in [-0.4, -0.2) is 36.0 Å². The molecule has 1 aromatic rings. The van der Waals surface area contributed by atoms with Gasteiger partial charge in [-0.05, 0) is 19.8 Å².